The van der Waals surface area contributed by atoms with Crippen LogP contribution in [0.1, 0.15) is 6.92 Å². The van der Waals surface area contributed by atoms with Gasteiger partial charge in [-0.3, -0.25) is 4.79 Å². The highest BCUT2D eigenvalue weighted by Crippen LogP contribution is 2.15. The zero-order valence-corrected chi connectivity index (χ0v) is 10.6. The lowest BCUT2D eigenvalue weighted by atomic mass is 10.3. The third-order valence-corrected chi connectivity index (χ3v) is 2.49. The molecule has 1 unspecified atom stereocenters. The minimum atomic E-state index is -0.126. The molecule has 0 heterocycles. The molecule has 1 aromatic rings. The van der Waals surface area contributed by atoms with E-state index in [1.807, 2.05) is 31.2 Å². The zero-order chi connectivity index (χ0) is 12.0. The molecule has 3 N–H and O–H groups in total. The van der Waals surface area contributed by atoms with Gasteiger partial charge < -0.3 is 15.7 Å². The normalized spacial score (nSPS) is 12.2. The SMILES string of the molecule is CC(CO)NCC(=O)Nc1cccc(Br)c1. The van der Waals surface area contributed by atoms with Crippen LogP contribution < -0.4 is 10.6 Å². The van der Waals surface area contributed by atoms with Crippen LogP contribution in [0.2, 0.25) is 0 Å². The molecule has 16 heavy (non-hydrogen) atoms. The third kappa shape index (κ3) is 4.74. The Morgan fingerprint density at radius 2 is 2.31 bits per heavy atom. The van der Waals surface area contributed by atoms with Crippen molar-refractivity contribution in [3.05, 3.63) is 28.7 Å². The van der Waals surface area contributed by atoms with Crippen LogP contribution in [0.4, 0.5) is 5.69 Å². The predicted molar refractivity (Wildman–Crippen MR) is 67.3 cm³/mol. The van der Waals surface area contributed by atoms with E-state index in [0.29, 0.717) is 0 Å². The van der Waals surface area contributed by atoms with E-state index in [2.05, 4.69) is 26.6 Å². The maximum Gasteiger partial charge on any atom is 0.238 e. The first-order chi connectivity index (χ1) is 7.61. The summed E-state index contributed by atoms with van der Waals surface area (Å²) < 4.78 is 0.919. The van der Waals surface area contributed by atoms with Gasteiger partial charge in [-0.2, -0.15) is 0 Å². The summed E-state index contributed by atoms with van der Waals surface area (Å²) in [4.78, 5) is 11.5. The average Bonchev–Trinajstić information content (AvgIpc) is 2.26. The Kier molecular flexibility index (Phi) is 5.45. The topological polar surface area (TPSA) is 61.4 Å². The number of carbonyl (C=O) groups excluding carboxylic acids is 1. The van der Waals surface area contributed by atoms with E-state index in [9.17, 15) is 4.79 Å². The Balaban J connectivity index is 2.40. The van der Waals surface area contributed by atoms with Crippen molar-refractivity contribution in [1.82, 2.24) is 5.32 Å². The van der Waals surface area contributed by atoms with E-state index in [1.165, 1.54) is 0 Å². The van der Waals surface area contributed by atoms with Gasteiger partial charge in [-0.05, 0) is 25.1 Å². The molecule has 0 aliphatic carbocycles. The lowest BCUT2D eigenvalue weighted by Gasteiger charge is -2.10. The summed E-state index contributed by atoms with van der Waals surface area (Å²) in [7, 11) is 0. The molecule has 0 aliphatic heterocycles. The van der Waals surface area contributed by atoms with Gasteiger partial charge in [0.15, 0.2) is 0 Å². The number of anilines is 1. The van der Waals surface area contributed by atoms with Crippen molar-refractivity contribution in [3.8, 4) is 0 Å². The molecule has 88 valence electrons. The first-order valence-corrected chi connectivity index (χ1v) is 5.81. The standard InChI is InChI=1S/C11H15BrN2O2/c1-8(7-15)13-6-11(16)14-10-4-2-3-9(12)5-10/h2-5,8,13,15H,6-7H2,1H3,(H,14,16). The Morgan fingerprint density at radius 1 is 1.56 bits per heavy atom. The van der Waals surface area contributed by atoms with Crippen LogP contribution in [-0.4, -0.2) is 30.2 Å². The van der Waals surface area contributed by atoms with Crippen LogP contribution in [0.25, 0.3) is 0 Å². The fraction of sp³-hybridized carbons (Fsp3) is 0.364. The van der Waals surface area contributed by atoms with Gasteiger partial charge in [0.05, 0.1) is 13.2 Å². The van der Waals surface area contributed by atoms with Crippen LogP contribution in [0, 0.1) is 0 Å². The van der Waals surface area contributed by atoms with E-state index < -0.39 is 0 Å². The molecule has 0 radical (unpaired) electrons. The maximum absolute atomic E-state index is 11.5. The van der Waals surface area contributed by atoms with Gasteiger partial charge in [-0.1, -0.05) is 22.0 Å². The van der Waals surface area contributed by atoms with E-state index in [-0.39, 0.29) is 25.1 Å². The molecule has 0 fully saturated rings. The summed E-state index contributed by atoms with van der Waals surface area (Å²) in [6.07, 6.45) is 0. The summed E-state index contributed by atoms with van der Waals surface area (Å²) in [5, 5.41) is 14.4. The van der Waals surface area contributed by atoms with Crippen molar-refractivity contribution in [2.24, 2.45) is 0 Å². The van der Waals surface area contributed by atoms with Gasteiger partial charge in [0.2, 0.25) is 5.91 Å². The number of carbonyl (C=O) groups is 1. The fourth-order valence-electron chi connectivity index (χ4n) is 1.10. The van der Waals surface area contributed by atoms with Crippen LogP contribution in [0.15, 0.2) is 28.7 Å². The van der Waals surface area contributed by atoms with E-state index in [0.717, 1.165) is 10.2 Å². The highest BCUT2D eigenvalue weighted by Gasteiger charge is 2.04. The van der Waals surface area contributed by atoms with Crippen molar-refractivity contribution in [1.29, 1.82) is 0 Å². The van der Waals surface area contributed by atoms with Gasteiger partial charge in [0.25, 0.3) is 0 Å². The number of amides is 1. The second kappa shape index (κ2) is 6.62. The fourth-order valence-corrected chi connectivity index (χ4v) is 1.50. The minimum absolute atomic E-state index is 0.0180. The van der Waals surface area contributed by atoms with Gasteiger partial charge in [-0.15, -0.1) is 0 Å². The van der Waals surface area contributed by atoms with Gasteiger partial charge in [-0.25, -0.2) is 0 Å². The number of benzene rings is 1. The number of halogens is 1. The monoisotopic (exact) mass is 286 g/mol. The molecule has 4 nitrogen and oxygen atoms in total. The molecule has 1 amide bonds. The molecular formula is C11H15BrN2O2. The lowest BCUT2D eigenvalue weighted by Crippen LogP contribution is -2.36. The molecule has 0 spiro atoms. The summed E-state index contributed by atoms with van der Waals surface area (Å²) in [5.74, 6) is -0.126. The van der Waals surface area contributed by atoms with Crippen molar-refractivity contribution in [2.75, 3.05) is 18.5 Å². The van der Waals surface area contributed by atoms with Crippen LogP contribution in [0.5, 0.6) is 0 Å². The Bertz CT molecular complexity index is 358. The number of hydrogen-bond donors (Lipinski definition) is 3. The summed E-state index contributed by atoms with van der Waals surface area (Å²) in [6.45, 7) is 2.02. The smallest absolute Gasteiger partial charge is 0.238 e. The maximum atomic E-state index is 11.5. The van der Waals surface area contributed by atoms with E-state index in [1.54, 1.807) is 0 Å². The largest absolute Gasteiger partial charge is 0.395 e. The minimum Gasteiger partial charge on any atom is -0.395 e. The van der Waals surface area contributed by atoms with E-state index in [4.69, 9.17) is 5.11 Å². The number of hydrogen-bond acceptors (Lipinski definition) is 3. The molecule has 0 aromatic heterocycles. The summed E-state index contributed by atoms with van der Waals surface area (Å²) in [5.41, 5.74) is 0.748. The second-order valence-corrected chi connectivity index (χ2v) is 4.44. The van der Waals surface area contributed by atoms with Gasteiger partial charge in [0.1, 0.15) is 0 Å². The van der Waals surface area contributed by atoms with Crippen LogP contribution in [0.3, 0.4) is 0 Å². The van der Waals surface area contributed by atoms with Crippen molar-refractivity contribution in [2.45, 2.75) is 13.0 Å². The molecule has 1 rings (SSSR count). The van der Waals surface area contributed by atoms with Crippen molar-refractivity contribution in [3.63, 3.8) is 0 Å². The number of aliphatic hydroxyl groups is 1. The van der Waals surface area contributed by atoms with Crippen molar-refractivity contribution < 1.29 is 9.90 Å². The van der Waals surface area contributed by atoms with Gasteiger partial charge >= 0.3 is 0 Å². The summed E-state index contributed by atoms with van der Waals surface area (Å²) in [6, 6.07) is 7.31. The molecule has 0 bridgehead atoms. The lowest BCUT2D eigenvalue weighted by molar-refractivity contribution is -0.115. The zero-order valence-electron chi connectivity index (χ0n) is 9.03. The Hall–Kier alpha value is -0.910. The predicted octanol–water partition coefficient (Wildman–Crippen LogP) is 1.36. The quantitative estimate of drug-likeness (QED) is 0.766. The third-order valence-electron chi connectivity index (χ3n) is 1.99. The number of rotatable bonds is 5. The summed E-state index contributed by atoms with van der Waals surface area (Å²) >= 11 is 3.33. The molecule has 0 saturated heterocycles. The first-order valence-electron chi connectivity index (χ1n) is 5.01. The molecule has 1 aromatic carbocycles. The molecule has 0 aliphatic rings. The van der Waals surface area contributed by atoms with Crippen LogP contribution >= 0.6 is 15.9 Å². The molecule has 0 saturated carbocycles. The molecule has 5 heteroatoms. The molecule has 1 atom stereocenters. The van der Waals surface area contributed by atoms with E-state index >= 15 is 0 Å². The molecular weight excluding hydrogens is 272 g/mol. The second-order valence-electron chi connectivity index (χ2n) is 3.52. The number of nitrogens with one attached hydrogen (secondary N) is 2. The highest BCUT2D eigenvalue weighted by atomic mass is 79.9. The first kappa shape index (κ1) is 13.2. The highest BCUT2D eigenvalue weighted by molar-refractivity contribution is 9.10. The average molecular weight is 287 g/mol. The Morgan fingerprint density at radius 3 is 2.94 bits per heavy atom. The van der Waals surface area contributed by atoms with Gasteiger partial charge in [0, 0.05) is 16.2 Å². The number of aliphatic hydroxyl groups excluding tert-OH is 1. The van der Waals surface area contributed by atoms with Crippen LogP contribution in [-0.2, 0) is 4.79 Å². The van der Waals surface area contributed by atoms with Crippen molar-refractivity contribution >= 4 is 27.5 Å². The Labute approximate surface area is 103 Å².